The summed E-state index contributed by atoms with van der Waals surface area (Å²) in [6.07, 6.45) is 0.598. The minimum atomic E-state index is -2.25. The van der Waals surface area contributed by atoms with Crippen LogP contribution in [0, 0.1) is 0 Å². The molecule has 84 heavy (non-hydrogen) atoms. The minimum absolute atomic E-state index is 0.202. The molecule has 0 aromatic carbocycles. The molecule has 0 saturated heterocycles. The van der Waals surface area contributed by atoms with Crippen molar-refractivity contribution in [3.05, 3.63) is 98.2 Å². The van der Waals surface area contributed by atoms with Gasteiger partial charge in [0.05, 0.1) is 6.54 Å². The first kappa shape index (κ1) is 85.6. The summed E-state index contributed by atoms with van der Waals surface area (Å²) in [4.78, 5) is 104. The van der Waals surface area contributed by atoms with Gasteiger partial charge in [0.1, 0.15) is 45.7 Å². The Bertz CT molecular complexity index is 2040. The van der Waals surface area contributed by atoms with Gasteiger partial charge < -0.3 is 75.8 Å². The zero-order valence-corrected chi connectivity index (χ0v) is 53.5. The molecule has 2 amide bonds. The van der Waals surface area contributed by atoms with E-state index in [9.17, 15) is 48.3 Å². The van der Waals surface area contributed by atoms with Crippen LogP contribution in [0.3, 0.4) is 0 Å². The molecule has 0 aliphatic rings. The highest BCUT2D eigenvalue weighted by molar-refractivity contribution is 6.66. The summed E-state index contributed by atoms with van der Waals surface area (Å²) in [5.74, 6) is -3.72. The van der Waals surface area contributed by atoms with Gasteiger partial charge in [0.15, 0.2) is 12.2 Å². The van der Waals surface area contributed by atoms with E-state index in [1.807, 2.05) is 41.2 Å². The SMILES string of the molecule is C=C(C)C(=O)OCC(COC(=O)C(=C)C)OC(=O)NCCC[Si](C)(OCC)OCC.C=C(C)C(=O)OCC(O)COC(=O)C(=C)C.C=CCN=C=O.C=CCNC(=O)OC(COC(=O)C(=C)C)COC(=O)C(=C)C.CCO[SiH](OCC)OCC. The Hall–Kier alpha value is -7.15. The number of rotatable bonds is 38. The van der Waals surface area contributed by atoms with Gasteiger partial charge in [-0.3, -0.25) is 0 Å². The molecule has 0 aromatic rings. The van der Waals surface area contributed by atoms with Gasteiger partial charge in [0.25, 0.3) is 0 Å². The summed E-state index contributed by atoms with van der Waals surface area (Å²) < 4.78 is 66.5. The number of aliphatic hydroxyl groups excluding tert-OH is 1. The van der Waals surface area contributed by atoms with E-state index in [1.165, 1.54) is 59.8 Å². The Labute approximate surface area is 498 Å². The minimum Gasteiger partial charge on any atom is -0.459 e. The van der Waals surface area contributed by atoms with Gasteiger partial charge in [-0.25, -0.2) is 48.1 Å². The molecular weight excluding hydrogens is 1140 g/mol. The average molecular weight is 1230 g/mol. The monoisotopic (exact) mass is 1230 g/mol. The predicted octanol–water partition coefficient (Wildman–Crippen LogP) is 6.27. The number of ether oxygens (including phenoxy) is 8. The highest BCUT2D eigenvalue weighted by Crippen LogP contribution is 2.15. The van der Waals surface area contributed by atoms with Crippen LogP contribution in [0.25, 0.3) is 0 Å². The van der Waals surface area contributed by atoms with Crippen molar-refractivity contribution >= 4 is 72.2 Å². The molecule has 0 bridgehead atoms. The van der Waals surface area contributed by atoms with Crippen LogP contribution in [0.4, 0.5) is 9.59 Å². The second-order valence-electron chi connectivity index (χ2n) is 17.1. The maximum absolute atomic E-state index is 12.1. The maximum Gasteiger partial charge on any atom is 0.484 e. The molecule has 0 spiro atoms. The normalized spacial score (nSPS) is 10.0. The number of isocyanates is 1. The molecule has 0 radical (unpaired) electrons. The van der Waals surface area contributed by atoms with E-state index in [0.29, 0.717) is 58.6 Å². The molecule has 0 aliphatic carbocycles. The van der Waals surface area contributed by atoms with E-state index in [2.05, 4.69) is 77.7 Å². The number of nitrogens with one attached hydrogen (secondary N) is 2. The number of nitrogens with zero attached hydrogens (tertiary/aromatic N) is 1. The average Bonchev–Trinajstić information content (AvgIpc) is 3.43. The lowest BCUT2D eigenvalue weighted by Gasteiger charge is -2.26. The lowest BCUT2D eigenvalue weighted by Crippen LogP contribution is -2.40. The third-order valence-corrected chi connectivity index (χ3v) is 13.5. The Kier molecular flexibility index (Phi) is 56.1. The molecule has 0 aliphatic heterocycles. The van der Waals surface area contributed by atoms with E-state index >= 15 is 0 Å². The number of aliphatic hydroxyl groups is 1. The fraction of sp³-hybridized carbons (Fsp3) is 0.554. The number of hydrogen-bond donors (Lipinski definition) is 3. The standard InChI is InChI=1S/C20H35NO8Si.C15H21NO6.C11H16O5.C6H16O3Si.C4H5NO/c1-8-27-30(7,28-9-2)12-10-11-21-20(24)29-17(13-25-18(22)15(3)4)14-26-19(23)16(5)6;1-6-7-16-15(19)22-12(8-20-13(17)10(2)3)9-21-14(18)11(4)5;1-7(2)10(13)15-5-9(12)6-16-11(14)8(3)4;1-4-7-10(8-5-2)9-6-3;1-2-3-5-4-6/h17H,3,5,8-14H2,1-2,4,6-7H3,(H,21,24);6,12H,1-2,4,7-9H2,3,5H3,(H,16,19);9,12H,1,3,5-6H2,2,4H3;10H,4-6H2,1-3H3;2H,1,3H2. The third-order valence-electron chi connectivity index (χ3n) is 8.61. The van der Waals surface area contributed by atoms with Crippen LogP contribution in [0.2, 0.25) is 12.6 Å². The number of esters is 6. The van der Waals surface area contributed by atoms with Gasteiger partial charge in [0.2, 0.25) is 6.08 Å². The molecular formula is C56H93N3O23Si2. The van der Waals surface area contributed by atoms with Gasteiger partial charge >= 0.3 is 66.1 Å². The fourth-order valence-corrected chi connectivity index (χ4v) is 8.15. The lowest BCUT2D eigenvalue weighted by molar-refractivity contribution is -0.149. The summed E-state index contributed by atoms with van der Waals surface area (Å²) >= 11 is 0. The van der Waals surface area contributed by atoms with Crippen LogP contribution >= 0.6 is 0 Å². The van der Waals surface area contributed by atoms with E-state index in [4.69, 9.17) is 50.6 Å². The molecule has 0 unspecified atom stereocenters. The Balaban J connectivity index is -0.000000338. The predicted molar refractivity (Wildman–Crippen MR) is 317 cm³/mol. The topological polar surface area (TPSA) is 330 Å². The largest absolute Gasteiger partial charge is 0.484 e. The van der Waals surface area contributed by atoms with Crippen molar-refractivity contribution < 1.29 is 108 Å². The Morgan fingerprint density at radius 1 is 0.524 bits per heavy atom. The maximum atomic E-state index is 12.1. The number of carbonyl (C=O) groups excluding carboxylic acids is 9. The summed E-state index contributed by atoms with van der Waals surface area (Å²) in [5.41, 5.74) is 1.29. The molecule has 0 fully saturated rings. The number of carbonyl (C=O) groups is 8. The summed E-state index contributed by atoms with van der Waals surface area (Å²) in [5, 5.41) is 14.3. The van der Waals surface area contributed by atoms with Crippen LogP contribution in [0.1, 0.15) is 82.6 Å². The van der Waals surface area contributed by atoms with E-state index < -0.39 is 84.4 Å². The van der Waals surface area contributed by atoms with Gasteiger partial charge in [-0.05, 0) is 95.2 Å². The lowest BCUT2D eigenvalue weighted by atomic mass is 10.3. The first-order chi connectivity index (χ1) is 39.4. The van der Waals surface area contributed by atoms with Crippen molar-refractivity contribution in [2.45, 2.75) is 113 Å². The van der Waals surface area contributed by atoms with Crippen molar-refractivity contribution in [1.29, 1.82) is 0 Å². The molecule has 0 saturated carbocycles. The van der Waals surface area contributed by atoms with E-state index in [-0.39, 0.29) is 79.6 Å². The van der Waals surface area contributed by atoms with Crippen LogP contribution in [0.5, 0.6) is 0 Å². The summed E-state index contributed by atoms with van der Waals surface area (Å²) in [6.45, 7) is 50.5. The van der Waals surface area contributed by atoms with Crippen LogP contribution < -0.4 is 10.6 Å². The molecule has 26 nitrogen and oxygen atoms in total. The quantitative estimate of drug-likeness (QED) is 0.00896. The first-order valence-corrected chi connectivity index (χ1v) is 30.3. The number of aliphatic imine (C=N–C) groups is 1. The summed E-state index contributed by atoms with van der Waals surface area (Å²) in [7, 11) is -3.98. The second kappa shape index (κ2) is 55.1. The van der Waals surface area contributed by atoms with Gasteiger partial charge in [-0.1, -0.05) is 51.6 Å². The molecule has 0 heterocycles. The molecule has 28 heteroatoms. The molecule has 3 N–H and O–H groups in total. The van der Waals surface area contributed by atoms with E-state index in [0.717, 1.165) is 0 Å². The third kappa shape index (κ3) is 54.1. The van der Waals surface area contributed by atoms with Crippen molar-refractivity contribution in [2.75, 3.05) is 92.3 Å². The number of hydrogen-bond acceptors (Lipinski definition) is 24. The van der Waals surface area contributed by atoms with Gasteiger partial charge in [-0.15, -0.1) is 13.2 Å². The zero-order valence-electron chi connectivity index (χ0n) is 51.3. The van der Waals surface area contributed by atoms with Crippen molar-refractivity contribution in [2.24, 2.45) is 4.99 Å². The Morgan fingerprint density at radius 2 is 0.833 bits per heavy atom. The summed E-state index contributed by atoms with van der Waals surface area (Å²) in [6, 6.07) is 0.713. The van der Waals surface area contributed by atoms with Crippen LogP contribution in [-0.2, 0) is 93.6 Å². The Morgan fingerprint density at radius 3 is 1.08 bits per heavy atom. The fourth-order valence-electron chi connectivity index (χ4n) is 4.63. The first-order valence-electron chi connectivity index (χ1n) is 26.3. The zero-order chi connectivity index (χ0) is 65.6. The van der Waals surface area contributed by atoms with Crippen molar-refractivity contribution in [1.82, 2.24) is 10.6 Å². The molecule has 478 valence electrons. The van der Waals surface area contributed by atoms with Crippen LogP contribution in [-0.4, -0.2) is 188 Å². The smallest absolute Gasteiger partial charge is 0.459 e. The van der Waals surface area contributed by atoms with Crippen molar-refractivity contribution in [3.8, 4) is 0 Å². The highest BCUT2D eigenvalue weighted by atomic mass is 28.4. The molecule has 0 aromatic heterocycles. The van der Waals surface area contributed by atoms with Crippen LogP contribution in [0.15, 0.2) is 103 Å². The number of alkyl carbamates (subject to hydrolysis) is 2. The van der Waals surface area contributed by atoms with E-state index in [1.54, 1.807) is 0 Å². The second-order valence-corrected chi connectivity index (χ2v) is 22.0. The number of amides is 2. The van der Waals surface area contributed by atoms with Crippen molar-refractivity contribution in [3.63, 3.8) is 0 Å². The van der Waals surface area contributed by atoms with Gasteiger partial charge in [0, 0.05) is 79.6 Å². The highest BCUT2D eigenvalue weighted by Gasteiger charge is 2.30. The van der Waals surface area contributed by atoms with Gasteiger partial charge in [-0.2, -0.15) is 0 Å². The molecule has 0 atom stereocenters. The molecule has 0 rings (SSSR count).